The second-order valence-corrected chi connectivity index (χ2v) is 4.70. The van der Waals surface area contributed by atoms with Crippen LogP contribution >= 0.6 is 23.1 Å². The Balaban J connectivity index is 2.09. The normalized spacial score (nSPS) is 21.9. The number of anilines is 1. The molecule has 1 saturated heterocycles. The van der Waals surface area contributed by atoms with E-state index >= 15 is 0 Å². The highest BCUT2D eigenvalue weighted by Gasteiger charge is 2.26. The Labute approximate surface area is 93.3 Å². The zero-order chi connectivity index (χ0) is 9.97. The van der Waals surface area contributed by atoms with Gasteiger partial charge in [-0.3, -0.25) is 0 Å². The fraction of sp³-hybridized carbons (Fsp3) is 0.778. The van der Waals surface area contributed by atoms with Crippen LogP contribution in [0.2, 0.25) is 0 Å². The highest BCUT2D eigenvalue weighted by Crippen LogP contribution is 2.28. The van der Waals surface area contributed by atoms with E-state index in [0.29, 0.717) is 6.04 Å². The van der Waals surface area contributed by atoms with Crippen molar-refractivity contribution >= 4 is 28.3 Å². The molecule has 0 bridgehead atoms. The Bertz CT molecular complexity index is 302. The van der Waals surface area contributed by atoms with Gasteiger partial charge in [0, 0.05) is 30.0 Å². The van der Waals surface area contributed by atoms with E-state index in [1.165, 1.54) is 24.4 Å². The number of hydrogen-bond acceptors (Lipinski definition) is 4. The molecule has 1 unspecified atom stereocenters. The topological polar surface area (TPSA) is 29.0 Å². The van der Waals surface area contributed by atoms with Crippen LogP contribution in [0.15, 0.2) is 0 Å². The van der Waals surface area contributed by atoms with Crippen LogP contribution in [0.25, 0.3) is 0 Å². The summed E-state index contributed by atoms with van der Waals surface area (Å²) in [6.45, 7) is 3.04. The average molecular weight is 232 g/mol. The van der Waals surface area contributed by atoms with Crippen molar-refractivity contribution in [2.24, 2.45) is 0 Å². The summed E-state index contributed by atoms with van der Waals surface area (Å²) >= 11 is 7.28. The lowest BCUT2D eigenvalue weighted by molar-refractivity contribution is 0.647. The largest absolute Gasteiger partial charge is 0.344 e. The van der Waals surface area contributed by atoms with Crippen LogP contribution in [0, 0.1) is 6.92 Å². The SMILES string of the molecule is Cc1nsc(N2CCCC2CCCl)n1. The lowest BCUT2D eigenvalue weighted by atomic mass is 10.2. The van der Waals surface area contributed by atoms with Crippen LogP contribution in [0.3, 0.4) is 0 Å². The molecule has 0 radical (unpaired) electrons. The monoisotopic (exact) mass is 231 g/mol. The van der Waals surface area contributed by atoms with Crippen molar-refractivity contribution < 1.29 is 0 Å². The summed E-state index contributed by atoms with van der Waals surface area (Å²) in [7, 11) is 0. The predicted octanol–water partition coefficient (Wildman–Crippen LogP) is 2.44. The summed E-state index contributed by atoms with van der Waals surface area (Å²) in [5, 5.41) is 1.06. The summed E-state index contributed by atoms with van der Waals surface area (Å²) in [6.07, 6.45) is 3.55. The van der Waals surface area contributed by atoms with E-state index in [0.717, 1.165) is 29.8 Å². The van der Waals surface area contributed by atoms with E-state index in [4.69, 9.17) is 11.6 Å². The molecular weight excluding hydrogens is 218 g/mol. The molecule has 1 aliphatic rings. The number of aromatic nitrogens is 2. The van der Waals surface area contributed by atoms with Gasteiger partial charge >= 0.3 is 0 Å². The molecule has 1 aliphatic heterocycles. The van der Waals surface area contributed by atoms with Crippen LogP contribution in [0.1, 0.15) is 25.1 Å². The maximum atomic E-state index is 5.78. The third-order valence-corrected chi connectivity index (χ3v) is 3.64. The molecule has 2 rings (SSSR count). The van der Waals surface area contributed by atoms with Crippen LogP contribution in [0.5, 0.6) is 0 Å². The molecular formula is C9H14ClN3S. The molecule has 0 aromatic carbocycles. The minimum atomic E-state index is 0.583. The number of alkyl halides is 1. The highest BCUT2D eigenvalue weighted by atomic mass is 35.5. The van der Waals surface area contributed by atoms with E-state index in [9.17, 15) is 0 Å². The van der Waals surface area contributed by atoms with Crippen molar-refractivity contribution in [1.29, 1.82) is 0 Å². The van der Waals surface area contributed by atoms with Crippen LogP contribution in [0.4, 0.5) is 5.13 Å². The minimum Gasteiger partial charge on any atom is -0.344 e. The first-order valence-electron chi connectivity index (χ1n) is 4.94. The van der Waals surface area contributed by atoms with Gasteiger partial charge < -0.3 is 4.90 Å². The van der Waals surface area contributed by atoms with E-state index in [-0.39, 0.29) is 0 Å². The van der Waals surface area contributed by atoms with Crippen LogP contribution < -0.4 is 4.90 Å². The Morgan fingerprint density at radius 3 is 3.14 bits per heavy atom. The highest BCUT2D eigenvalue weighted by molar-refractivity contribution is 7.09. The summed E-state index contributed by atoms with van der Waals surface area (Å²) in [4.78, 5) is 6.77. The molecule has 5 heteroatoms. The average Bonchev–Trinajstić information content (AvgIpc) is 2.74. The molecule has 78 valence electrons. The second-order valence-electron chi connectivity index (χ2n) is 3.59. The molecule has 1 aromatic rings. The maximum Gasteiger partial charge on any atom is 0.205 e. The van der Waals surface area contributed by atoms with E-state index in [1.54, 1.807) is 0 Å². The molecule has 0 saturated carbocycles. The fourth-order valence-electron chi connectivity index (χ4n) is 1.92. The van der Waals surface area contributed by atoms with Gasteiger partial charge in [0.05, 0.1) is 0 Å². The fourth-order valence-corrected chi connectivity index (χ4v) is 2.94. The lowest BCUT2D eigenvalue weighted by Gasteiger charge is -2.22. The van der Waals surface area contributed by atoms with Crippen molar-refractivity contribution in [3.05, 3.63) is 5.82 Å². The second kappa shape index (κ2) is 4.45. The third kappa shape index (κ3) is 2.01. The van der Waals surface area contributed by atoms with Gasteiger partial charge in [-0.15, -0.1) is 11.6 Å². The first-order chi connectivity index (χ1) is 6.81. The van der Waals surface area contributed by atoms with Crippen molar-refractivity contribution in [2.45, 2.75) is 32.2 Å². The predicted molar refractivity (Wildman–Crippen MR) is 60.4 cm³/mol. The molecule has 3 nitrogen and oxygen atoms in total. The lowest BCUT2D eigenvalue weighted by Crippen LogP contribution is -2.29. The zero-order valence-corrected chi connectivity index (χ0v) is 9.81. The van der Waals surface area contributed by atoms with E-state index in [1.807, 2.05) is 6.92 Å². The quantitative estimate of drug-likeness (QED) is 0.749. The van der Waals surface area contributed by atoms with Crippen molar-refractivity contribution in [3.63, 3.8) is 0 Å². The van der Waals surface area contributed by atoms with Gasteiger partial charge in [0.2, 0.25) is 5.13 Å². The van der Waals surface area contributed by atoms with Gasteiger partial charge in [0.25, 0.3) is 0 Å². The van der Waals surface area contributed by atoms with Crippen molar-refractivity contribution in [2.75, 3.05) is 17.3 Å². The number of nitrogens with zero attached hydrogens (tertiary/aromatic N) is 3. The zero-order valence-electron chi connectivity index (χ0n) is 8.24. The molecule has 0 N–H and O–H groups in total. The number of halogens is 1. The number of rotatable bonds is 3. The molecule has 0 aliphatic carbocycles. The Kier molecular flexibility index (Phi) is 3.23. The maximum absolute atomic E-state index is 5.78. The molecule has 0 spiro atoms. The summed E-state index contributed by atoms with van der Waals surface area (Å²) in [5.74, 6) is 1.61. The summed E-state index contributed by atoms with van der Waals surface area (Å²) < 4.78 is 4.21. The van der Waals surface area contributed by atoms with Gasteiger partial charge in [-0.25, -0.2) is 4.98 Å². The number of hydrogen-bond donors (Lipinski definition) is 0. The summed E-state index contributed by atoms with van der Waals surface area (Å²) in [6, 6.07) is 0.583. The molecule has 14 heavy (non-hydrogen) atoms. The molecule has 0 amide bonds. The van der Waals surface area contributed by atoms with E-state index in [2.05, 4.69) is 14.3 Å². The third-order valence-electron chi connectivity index (χ3n) is 2.58. The van der Waals surface area contributed by atoms with Crippen molar-refractivity contribution in [1.82, 2.24) is 9.36 Å². The van der Waals surface area contributed by atoms with Gasteiger partial charge in [-0.05, 0) is 26.2 Å². The smallest absolute Gasteiger partial charge is 0.205 e. The van der Waals surface area contributed by atoms with Crippen LogP contribution in [-0.2, 0) is 0 Å². The molecule has 1 atom stereocenters. The van der Waals surface area contributed by atoms with Gasteiger partial charge in [0.15, 0.2) is 0 Å². The number of aryl methyl sites for hydroxylation is 1. The summed E-state index contributed by atoms with van der Waals surface area (Å²) in [5.41, 5.74) is 0. The van der Waals surface area contributed by atoms with Gasteiger partial charge in [-0.2, -0.15) is 4.37 Å². The first-order valence-corrected chi connectivity index (χ1v) is 6.25. The van der Waals surface area contributed by atoms with Gasteiger partial charge in [-0.1, -0.05) is 0 Å². The van der Waals surface area contributed by atoms with Crippen LogP contribution in [-0.4, -0.2) is 27.8 Å². The minimum absolute atomic E-state index is 0.583. The van der Waals surface area contributed by atoms with Gasteiger partial charge in [0.1, 0.15) is 5.82 Å². The molecule has 1 aromatic heterocycles. The molecule has 1 fully saturated rings. The Hall–Kier alpha value is -0.350. The standard InChI is InChI=1S/C9H14ClN3S/c1-7-11-9(14-12-7)13-6-2-3-8(13)4-5-10/h8H,2-6H2,1H3. The first kappa shape index (κ1) is 10.2. The Morgan fingerprint density at radius 2 is 2.50 bits per heavy atom. The molecule has 2 heterocycles. The van der Waals surface area contributed by atoms with E-state index < -0.39 is 0 Å². The van der Waals surface area contributed by atoms with Crippen molar-refractivity contribution in [3.8, 4) is 0 Å². The Morgan fingerprint density at radius 1 is 1.64 bits per heavy atom.